The molecule has 2 amide bonds. The summed E-state index contributed by atoms with van der Waals surface area (Å²) in [5, 5.41) is 9.89. The van der Waals surface area contributed by atoms with Crippen molar-refractivity contribution >= 4 is 11.8 Å². The number of likely N-dealkylation sites (N-methyl/N-ethyl adjacent to an activating group) is 1. The van der Waals surface area contributed by atoms with Crippen molar-refractivity contribution in [2.24, 2.45) is 11.8 Å². The zero-order chi connectivity index (χ0) is 27.1. The van der Waals surface area contributed by atoms with Crippen LogP contribution in [0.1, 0.15) is 67.6 Å². The van der Waals surface area contributed by atoms with E-state index in [0.29, 0.717) is 35.8 Å². The van der Waals surface area contributed by atoms with Crippen molar-refractivity contribution in [3.63, 3.8) is 0 Å². The Hall–Kier alpha value is -3.44. The van der Waals surface area contributed by atoms with Crippen LogP contribution in [0.15, 0.2) is 36.7 Å². The van der Waals surface area contributed by atoms with Gasteiger partial charge < -0.3 is 19.6 Å². The molecule has 3 atom stereocenters. The summed E-state index contributed by atoms with van der Waals surface area (Å²) in [6.07, 6.45) is 9.03. The minimum atomic E-state index is -0.403. The first-order chi connectivity index (χ1) is 18.4. The largest absolute Gasteiger partial charge is 0.472 e. The Bertz CT molecular complexity index is 1170. The van der Waals surface area contributed by atoms with Gasteiger partial charge >= 0.3 is 0 Å². The fraction of sp³-hybridized carbons (Fsp3) is 0.533. The van der Waals surface area contributed by atoms with Gasteiger partial charge in [0.25, 0.3) is 5.91 Å². The Kier molecular flexibility index (Phi) is 9.35. The van der Waals surface area contributed by atoms with E-state index < -0.39 is 6.10 Å². The molecule has 8 nitrogen and oxygen atoms in total. The number of aromatic nitrogens is 2. The van der Waals surface area contributed by atoms with Crippen molar-refractivity contribution in [2.45, 2.75) is 64.5 Å². The summed E-state index contributed by atoms with van der Waals surface area (Å²) in [4.78, 5) is 38.6. The Morgan fingerprint density at radius 1 is 1.26 bits per heavy atom. The van der Waals surface area contributed by atoms with Crippen molar-refractivity contribution in [2.75, 3.05) is 26.7 Å². The molecule has 1 saturated carbocycles. The van der Waals surface area contributed by atoms with E-state index in [4.69, 9.17) is 4.74 Å². The third-order valence-corrected chi connectivity index (χ3v) is 7.48. The summed E-state index contributed by atoms with van der Waals surface area (Å²) in [5.74, 6) is 6.78. The van der Waals surface area contributed by atoms with Crippen LogP contribution in [0.2, 0.25) is 0 Å². The molecule has 0 unspecified atom stereocenters. The Morgan fingerprint density at radius 2 is 2.05 bits per heavy atom. The van der Waals surface area contributed by atoms with Gasteiger partial charge in [-0.05, 0) is 38.0 Å². The van der Waals surface area contributed by atoms with Gasteiger partial charge in [-0.3, -0.25) is 14.6 Å². The lowest BCUT2D eigenvalue weighted by Gasteiger charge is -2.37. The molecule has 8 heteroatoms. The van der Waals surface area contributed by atoms with E-state index in [1.807, 2.05) is 32.0 Å². The van der Waals surface area contributed by atoms with Crippen LogP contribution in [0.4, 0.5) is 0 Å². The molecule has 1 N–H and O–H groups in total. The minimum Gasteiger partial charge on any atom is -0.472 e. The van der Waals surface area contributed by atoms with Gasteiger partial charge in [-0.1, -0.05) is 44.1 Å². The summed E-state index contributed by atoms with van der Waals surface area (Å²) < 4.78 is 6.32. The highest BCUT2D eigenvalue weighted by Crippen LogP contribution is 2.28. The van der Waals surface area contributed by atoms with E-state index in [1.165, 1.54) is 19.3 Å². The smallest absolute Gasteiger partial charge is 0.259 e. The number of pyridine rings is 2. The molecule has 0 bridgehead atoms. The van der Waals surface area contributed by atoms with Crippen LogP contribution < -0.4 is 4.74 Å². The van der Waals surface area contributed by atoms with Gasteiger partial charge in [0.1, 0.15) is 11.7 Å². The summed E-state index contributed by atoms with van der Waals surface area (Å²) in [7, 11) is 1.75. The molecule has 2 aromatic heterocycles. The lowest BCUT2D eigenvalue weighted by atomic mass is 9.90. The zero-order valence-electron chi connectivity index (χ0n) is 22.6. The first-order valence-electron chi connectivity index (χ1n) is 13.6. The number of carbonyl (C=O) groups excluding carboxylic acids is 2. The third-order valence-electron chi connectivity index (χ3n) is 7.48. The molecule has 0 saturated heterocycles. The fourth-order valence-electron chi connectivity index (χ4n) is 4.99. The molecule has 1 fully saturated rings. The number of hydrogen-bond donors (Lipinski definition) is 1. The highest BCUT2D eigenvalue weighted by molar-refractivity contribution is 5.97. The molecule has 0 radical (unpaired) electrons. The highest BCUT2D eigenvalue weighted by Gasteiger charge is 2.34. The number of nitrogens with zero attached hydrogens (tertiary/aromatic N) is 4. The Labute approximate surface area is 225 Å². The molecule has 2 aromatic rings. The molecule has 4 rings (SSSR count). The first kappa shape index (κ1) is 27.6. The van der Waals surface area contributed by atoms with Gasteiger partial charge in [0.15, 0.2) is 0 Å². The van der Waals surface area contributed by atoms with Gasteiger partial charge in [0.05, 0.1) is 25.6 Å². The molecule has 202 valence electrons. The summed E-state index contributed by atoms with van der Waals surface area (Å²) in [5.41, 5.74) is 1.72. The number of amides is 2. The fourth-order valence-corrected chi connectivity index (χ4v) is 4.99. The van der Waals surface area contributed by atoms with Crippen molar-refractivity contribution in [3.05, 3.63) is 53.5 Å². The van der Waals surface area contributed by atoms with Crippen molar-refractivity contribution < 1.29 is 19.4 Å². The van der Waals surface area contributed by atoms with E-state index >= 15 is 0 Å². The topological polar surface area (TPSA) is 95.9 Å². The quantitative estimate of drug-likeness (QED) is 0.590. The molecule has 2 aliphatic rings. The normalized spacial score (nSPS) is 20.7. The maximum atomic E-state index is 13.6. The molecule has 3 heterocycles. The summed E-state index contributed by atoms with van der Waals surface area (Å²) >= 11 is 0. The Morgan fingerprint density at radius 3 is 2.76 bits per heavy atom. The predicted octanol–water partition coefficient (Wildman–Crippen LogP) is 3.33. The SMILES string of the molecule is C[C@@H]1CN([C@H](C)CO)C(=O)c2cc(C#CC3CCCCC3)cnc2O[C@H]1CN(C)C(=O)Cc1ccccn1. The van der Waals surface area contributed by atoms with Crippen molar-refractivity contribution in [1.29, 1.82) is 0 Å². The van der Waals surface area contributed by atoms with Gasteiger partial charge in [0, 0.05) is 49.1 Å². The van der Waals surface area contributed by atoms with Crippen molar-refractivity contribution in [3.8, 4) is 17.7 Å². The minimum absolute atomic E-state index is 0.0697. The second-order valence-electron chi connectivity index (χ2n) is 10.6. The molecule has 0 spiro atoms. The highest BCUT2D eigenvalue weighted by atomic mass is 16.5. The van der Waals surface area contributed by atoms with Crippen LogP contribution in [-0.4, -0.2) is 75.6 Å². The van der Waals surface area contributed by atoms with Crippen LogP contribution >= 0.6 is 0 Å². The van der Waals surface area contributed by atoms with Crippen LogP contribution in [0.5, 0.6) is 5.88 Å². The molecule has 1 aliphatic carbocycles. The van der Waals surface area contributed by atoms with Crippen LogP contribution in [-0.2, 0) is 11.2 Å². The second kappa shape index (κ2) is 12.9. The molecule has 1 aliphatic heterocycles. The molecule has 38 heavy (non-hydrogen) atoms. The van der Waals surface area contributed by atoms with Crippen LogP contribution in [0.3, 0.4) is 0 Å². The predicted molar refractivity (Wildman–Crippen MR) is 144 cm³/mol. The molecular formula is C30H38N4O4. The third kappa shape index (κ3) is 6.90. The van der Waals surface area contributed by atoms with E-state index in [-0.39, 0.29) is 42.7 Å². The van der Waals surface area contributed by atoms with Crippen LogP contribution in [0, 0.1) is 23.7 Å². The van der Waals surface area contributed by atoms with E-state index in [9.17, 15) is 14.7 Å². The van der Waals surface area contributed by atoms with Crippen molar-refractivity contribution in [1.82, 2.24) is 19.8 Å². The zero-order valence-corrected chi connectivity index (χ0v) is 22.6. The first-order valence-corrected chi connectivity index (χ1v) is 13.6. The standard InChI is InChI=1S/C30H38N4O4/c1-21-18-34(22(2)20-35)30(37)26-15-24(13-12-23-9-5-4-6-10-23)17-32-29(26)38-27(21)19-33(3)28(36)16-25-11-7-8-14-31-25/h7-8,11,14-15,17,21-23,27,35H,4-6,9-10,16,18-20H2,1-3H3/t21-,22-,27+/m1/s1. The van der Waals surface area contributed by atoms with Gasteiger partial charge in [0.2, 0.25) is 11.8 Å². The number of carbonyl (C=O) groups is 2. The monoisotopic (exact) mass is 518 g/mol. The Balaban J connectivity index is 1.57. The summed E-state index contributed by atoms with van der Waals surface area (Å²) in [6, 6.07) is 6.88. The molecule has 0 aromatic carbocycles. The number of aliphatic hydroxyl groups excluding tert-OH is 1. The number of rotatable bonds is 6. The molecular weight excluding hydrogens is 480 g/mol. The van der Waals surface area contributed by atoms with E-state index in [1.54, 1.807) is 35.3 Å². The van der Waals surface area contributed by atoms with E-state index in [2.05, 4.69) is 21.8 Å². The van der Waals surface area contributed by atoms with Crippen LogP contribution in [0.25, 0.3) is 0 Å². The number of hydrogen-bond acceptors (Lipinski definition) is 6. The average Bonchev–Trinajstić information content (AvgIpc) is 2.94. The summed E-state index contributed by atoms with van der Waals surface area (Å²) in [6.45, 7) is 4.36. The average molecular weight is 519 g/mol. The lowest BCUT2D eigenvalue weighted by Crippen LogP contribution is -2.50. The van der Waals surface area contributed by atoms with E-state index in [0.717, 1.165) is 12.8 Å². The van der Waals surface area contributed by atoms with Gasteiger partial charge in [-0.15, -0.1) is 0 Å². The second-order valence-corrected chi connectivity index (χ2v) is 10.6. The number of ether oxygens (including phenoxy) is 1. The number of fused-ring (bicyclic) bond motifs is 1. The van der Waals surface area contributed by atoms with Gasteiger partial charge in [-0.2, -0.15) is 0 Å². The number of aliphatic hydroxyl groups is 1. The maximum Gasteiger partial charge on any atom is 0.259 e. The lowest BCUT2D eigenvalue weighted by molar-refractivity contribution is -0.130. The maximum absolute atomic E-state index is 13.6. The van der Waals surface area contributed by atoms with Gasteiger partial charge in [-0.25, -0.2) is 4.98 Å².